The summed E-state index contributed by atoms with van der Waals surface area (Å²) in [4.78, 5) is 6.71. The molecule has 8 heteroatoms. The molecule has 0 saturated carbocycles. The lowest BCUT2D eigenvalue weighted by Crippen LogP contribution is -2.45. The number of piperazine rings is 1. The molecule has 1 N–H and O–H groups in total. The molecule has 2 heterocycles. The van der Waals surface area contributed by atoms with E-state index in [9.17, 15) is 4.39 Å². The predicted molar refractivity (Wildman–Crippen MR) is 104 cm³/mol. The van der Waals surface area contributed by atoms with Gasteiger partial charge in [-0.25, -0.2) is 4.39 Å². The molecule has 3 aromatic rings. The van der Waals surface area contributed by atoms with E-state index in [0.29, 0.717) is 23.3 Å². The highest BCUT2D eigenvalue weighted by Crippen LogP contribution is 2.25. The van der Waals surface area contributed by atoms with Gasteiger partial charge in [0, 0.05) is 36.3 Å². The lowest BCUT2D eigenvalue weighted by Gasteiger charge is -2.35. The van der Waals surface area contributed by atoms with Gasteiger partial charge < -0.3 is 9.84 Å². The molecule has 4 rings (SSSR count). The minimum Gasteiger partial charge on any atom is -0.338 e. The van der Waals surface area contributed by atoms with Gasteiger partial charge in [-0.05, 0) is 29.8 Å². The number of nitrogens with one attached hydrogen (secondary N) is 1. The lowest BCUT2D eigenvalue weighted by atomic mass is 10.0. The Hall–Kier alpha value is -1.99. The minimum atomic E-state index is -0.228. The van der Waals surface area contributed by atoms with Crippen molar-refractivity contribution in [1.29, 1.82) is 0 Å². The Morgan fingerprint density at radius 1 is 1.22 bits per heavy atom. The van der Waals surface area contributed by atoms with E-state index >= 15 is 0 Å². The first-order valence-corrected chi connectivity index (χ1v) is 8.85. The third kappa shape index (κ3) is 4.65. The van der Waals surface area contributed by atoms with Crippen molar-refractivity contribution >= 4 is 24.0 Å². The molecule has 0 radical (unpaired) electrons. The van der Waals surface area contributed by atoms with E-state index in [0.717, 1.165) is 30.8 Å². The number of aromatic nitrogens is 2. The van der Waals surface area contributed by atoms with Gasteiger partial charge in [-0.3, -0.25) is 4.90 Å². The van der Waals surface area contributed by atoms with Gasteiger partial charge >= 0.3 is 0 Å². The molecule has 5 nitrogen and oxygen atoms in total. The average molecular weight is 409 g/mol. The fourth-order valence-corrected chi connectivity index (χ4v) is 3.41. The second-order valence-corrected chi connectivity index (χ2v) is 6.70. The van der Waals surface area contributed by atoms with Crippen LogP contribution in [-0.4, -0.2) is 34.7 Å². The van der Waals surface area contributed by atoms with Crippen LogP contribution in [0.2, 0.25) is 5.02 Å². The third-order valence-electron chi connectivity index (χ3n) is 4.48. The molecule has 0 spiro atoms. The average Bonchev–Trinajstić information content (AvgIpc) is 3.11. The summed E-state index contributed by atoms with van der Waals surface area (Å²) in [6, 6.07) is 14.1. The lowest BCUT2D eigenvalue weighted by molar-refractivity contribution is 0.135. The molecule has 142 valence electrons. The van der Waals surface area contributed by atoms with Crippen LogP contribution in [0.5, 0.6) is 0 Å². The maximum Gasteiger partial charge on any atom is 0.241 e. The first-order valence-electron chi connectivity index (χ1n) is 8.48. The van der Waals surface area contributed by atoms with E-state index in [4.69, 9.17) is 16.1 Å². The Kier molecular flexibility index (Phi) is 6.44. The van der Waals surface area contributed by atoms with Gasteiger partial charge in [-0.2, -0.15) is 4.98 Å². The molecule has 1 atom stereocenters. The molecule has 1 unspecified atom stereocenters. The van der Waals surface area contributed by atoms with E-state index in [1.807, 2.05) is 18.2 Å². The highest BCUT2D eigenvalue weighted by molar-refractivity contribution is 6.30. The van der Waals surface area contributed by atoms with Crippen molar-refractivity contribution in [3.63, 3.8) is 0 Å². The first kappa shape index (κ1) is 19.8. The maximum absolute atomic E-state index is 13.6. The van der Waals surface area contributed by atoms with E-state index < -0.39 is 0 Å². The van der Waals surface area contributed by atoms with Crippen molar-refractivity contribution in [3.05, 3.63) is 70.8 Å². The molecular formula is C19H19Cl2FN4O. The van der Waals surface area contributed by atoms with Crippen LogP contribution in [0.1, 0.15) is 17.5 Å². The van der Waals surface area contributed by atoms with Crippen molar-refractivity contribution in [2.24, 2.45) is 0 Å². The molecule has 0 amide bonds. The molecule has 0 aliphatic carbocycles. The molecule has 2 aromatic carbocycles. The van der Waals surface area contributed by atoms with Gasteiger partial charge in [0.1, 0.15) is 5.82 Å². The second-order valence-electron chi connectivity index (χ2n) is 6.27. The van der Waals surface area contributed by atoms with Crippen molar-refractivity contribution in [3.8, 4) is 11.4 Å². The smallest absolute Gasteiger partial charge is 0.241 e. The number of benzene rings is 2. The summed E-state index contributed by atoms with van der Waals surface area (Å²) >= 11 is 6.02. The van der Waals surface area contributed by atoms with Crippen molar-refractivity contribution in [1.82, 2.24) is 20.4 Å². The van der Waals surface area contributed by atoms with Crippen LogP contribution < -0.4 is 5.32 Å². The second kappa shape index (κ2) is 8.80. The molecule has 27 heavy (non-hydrogen) atoms. The zero-order valence-electron chi connectivity index (χ0n) is 14.4. The summed E-state index contributed by atoms with van der Waals surface area (Å²) in [5, 5.41) is 8.05. The zero-order chi connectivity index (χ0) is 17.9. The molecule has 1 fully saturated rings. The summed E-state index contributed by atoms with van der Waals surface area (Å²) in [6.07, 6.45) is 0. The van der Waals surface area contributed by atoms with Crippen LogP contribution in [0, 0.1) is 5.82 Å². The summed E-state index contributed by atoms with van der Waals surface area (Å²) < 4.78 is 19.0. The molecular weight excluding hydrogens is 390 g/mol. The highest BCUT2D eigenvalue weighted by Gasteiger charge is 2.26. The predicted octanol–water partition coefficient (Wildman–Crippen LogP) is 4.10. The van der Waals surface area contributed by atoms with Gasteiger partial charge in [-0.1, -0.05) is 41.0 Å². The Morgan fingerprint density at radius 3 is 2.89 bits per heavy atom. The molecule has 1 saturated heterocycles. The van der Waals surface area contributed by atoms with E-state index in [-0.39, 0.29) is 24.3 Å². The van der Waals surface area contributed by atoms with Gasteiger partial charge in [0.05, 0.1) is 6.54 Å². The van der Waals surface area contributed by atoms with Crippen LogP contribution in [0.25, 0.3) is 11.4 Å². The standard InChI is InChI=1S/C19H18ClFN4O.ClH/c20-15-5-1-4-14(9-15)19-23-18(26-24-19)12-25-8-7-22-11-17(25)13-3-2-6-16(21)10-13;/h1-6,9-10,17,22H,7-8,11-12H2;1H. The largest absolute Gasteiger partial charge is 0.338 e. The number of nitrogens with zero attached hydrogens (tertiary/aromatic N) is 3. The van der Waals surface area contributed by atoms with Crippen LogP contribution >= 0.6 is 24.0 Å². The third-order valence-corrected chi connectivity index (χ3v) is 4.71. The number of halogens is 3. The van der Waals surface area contributed by atoms with Gasteiger partial charge in [-0.15, -0.1) is 12.4 Å². The van der Waals surface area contributed by atoms with E-state index in [2.05, 4.69) is 20.4 Å². The Balaban J connectivity index is 0.00000210. The topological polar surface area (TPSA) is 54.2 Å². The fraction of sp³-hybridized carbons (Fsp3) is 0.263. The molecule has 1 aromatic heterocycles. The fourth-order valence-electron chi connectivity index (χ4n) is 3.22. The van der Waals surface area contributed by atoms with Gasteiger partial charge in [0.25, 0.3) is 0 Å². The maximum atomic E-state index is 13.6. The minimum absolute atomic E-state index is 0. The summed E-state index contributed by atoms with van der Waals surface area (Å²) in [7, 11) is 0. The molecule has 0 bridgehead atoms. The van der Waals surface area contributed by atoms with E-state index in [1.54, 1.807) is 24.3 Å². The number of hydrogen-bond acceptors (Lipinski definition) is 5. The van der Waals surface area contributed by atoms with Crippen LogP contribution in [0.4, 0.5) is 4.39 Å². The van der Waals surface area contributed by atoms with Crippen molar-refractivity contribution < 1.29 is 8.91 Å². The Morgan fingerprint density at radius 2 is 2.07 bits per heavy atom. The SMILES string of the molecule is Cl.Fc1cccc(C2CNCCN2Cc2nc(-c3cccc(Cl)c3)no2)c1. The first-order chi connectivity index (χ1) is 12.7. The number of hydrogen-bond donors (Lipinski definition) is 1. The zero-order valence-corrected chi connectivity index (χ0v) is 16.0. The normalized spacial score (nSPS) is 17.5. The van der Waals surface area contributed by atoms with Crippen molar-refractivity contribution in [2.45, 2.75) is 12.6 Å². The van der Waals surface area contributed by atoms with E-state index in [1.165, 1.54) is 6.07 Å². The summed E-state index contributed by atoms with van der Waals surface area (Å²) in [6.45, 7) is 2.94. The Bertz CT molecular complexity index is 905. The van der Waals surface area contributed by atoms with Crippen LogP contribution in [-0.2, 0) is 6.54 Å². The molecule has 1 aliphatic rings. The Labute approximate surface area is 167 Å². The van der Waals surface area contributed by atoms with Crippen LogP contribution in [0.3, 0.4) is 0 Å². The van der Waals surface area contributed by atoms with Crippen molar-refractivity contribution in [2.75, 3.05) is 19.6 Å². The van der Waals surface area contributed by atoms with Crippen LogP contribution in [0.15, 0.2) is 53.1 Å². The summed E-state index contributed by atoms with van der Waals surface area (Å²) in [5.74, 6) is 0.817. The highest BCUT2D eigenvalue weighted by atomic mass is 35.5. The molecule has 1 aliphatic heterocycles. The van der Waals surface area contributed by atoms with Gasteiger partial charge in [0.15, 0.2) is 0 Å². The number of rotatable bonds is 4. The van der Waals surface area contributed by atoms with Gasteiger partial charge in [0.2, 0.25) is 11.7 Å². The quantitative estimate of drug-likeness (QED) is 0.704. The summed E-state index contributed by atoms with van der Waals surface area (Å²) in [5.41, 5.74) is 1.75. The monoisotopic (exact) mass is 408 g/mol.